The van der Waals surface area contributed by atoms with Crippen LogP contribution in [0.4, 0.5) is 0 Å². The zero-order valence-corrected chi connectivity index (χ0v) is 17.5. The van der Waals surface area contributed by atoms with E-state index in [0.29, 0.717) is 5.92 Å². The molecule has 148 valence electrons. The highest BCUT2D eigenvalue weighted by Crippen LogP contribution is 2.72. The van der Waals surface area contributed by atoms with Crippen LogP contribution in [0.3, 0.4) is 0 Å². The van der Waals surface area contributed by atoms with Crippen LogP contribution in [0.15, 0.2) is 47.1 Å². The Bertz CT molecular complexity index is 1000. The normalized spacial score (nSPS) is 36.1. The predicted molar refractivity (Wildman–Crippen MR) is 118 cm³/mol. The van der Waals surface area contributed by atoms with Gasteiger partial charge in [-0.1, -0.05) is 64.3 Å². The highest BCUT2D eigenvalue weighted by molar-refractivity contribution is 5.78. The predicted octanol–water partition coefficient (Wildman–Crippen LogP) is 2.82. The number of hydrogen-bond acceptors (Lipinski definition) is 3. The van der Waals surface area contributed by atoms with Gasteiger partial charge in [-0.15, -0.1) is 0 Å². The molecule has 1 aromatic carbocycles. The monoisotopic (exact) mass is 376 g/mol. The number of benzene rings is 1. The molecule has 0 amide bonds. The van der Waals surface area contributed by atoms with Crippen LogP contribution in [-0.4, -0.2) is 29.0 Å². The van der Waals surface area contributed by atoms with E-state index in [1.807, 2.05) is 0 Å². The number of allylic oxidation sites excluding steroid dienone is 2. The molecule has 1 heterocycles. The van der Waals surface area contributed by atoms with E-state index in [4.69, 9.17) is 4.99 Å². The lowest BCUT2D eigenvalue weighted by Gasteiger charge is -2.50. The van der Waals surface area contributed by atoms with Gasteiger partial charge in [-0.3, -0.25) is 4.99 Å². The van der Waals surface area contributed by atoms with Crippen LogP contribution in [0.25, 0.3) is 12.7 Å². The third-order valence-corrected chi connectivity index (χ3v) is 7.58. The Kier molecular flexibility index (Phi) is 4.24. The van der Waals surface area contributed by atoms with Crippen molar-refractivity contribution < 1.29 is 5.11 Å². The van der Waals surface area contributed by atoms with Crippen molar-refractivity contribution in [1.82, 2.24) is 5.32 Å². The number of aliphatic imine (C=N–C) groups is 1. The summed E-state index contributed by atoms with van der Waals surface area (Å²) in [5.41, 5.74) is 2.42. The second kappa shape index (κ2) is 6.18. The van der Waals surface area contributed by atoms with Gasteiger partial charge >= 0.3 is 0 Å². The maximum atomic E-state index is 10.8. The minimum absolute atomic E-state index is 0.110. The second-order valence-electron chi connectivity index (χ2n) is 9.52. The van der Waals surface area contributed by atoms with Crippen LogP contribution in [0.5, 0.6) is 0 Å². The third-order valence-electron chi connectivity index (χ3n) is 7.58. The van der Waals surface area contributed by atoms with Crippen LogP contribution in [0.1, 0.15) is 46.1 Å². The van der Waals surface area contributed by atoms with E-state index in [-0.39, 0.29) is 11.3 Å². The fourth-order valence-corrected chi connectivity index (χ4v) is 5.16. The molecule has 1 aliphatic heterocycles. The minimum Gasteiger partial charge on any atom is -0.387 e. The number of aliphatic hydroxyl groups is 1. The first-order valence-corrected chi connectivity index (χ1v) is 10.3. The molecule has 0 aromatic heterocycles. The van der Waals surface area contributed by atoms with Crippen molar-refractivity contribution in [3.05, 3.63) is 58.1 Å². The number of nitrogens with zero attached hydrogens (tertiary/aromatic N) is 1. The summed E-state index contributed by atoms with van der Waals surface area (Å²) in [7, 11) is 0. The molecule has 3 aliphatic rings. The molecule has 3 nitrogen and oxygen atoms in total. The average Bonchev–Trinajstić information content (AvgIpc) is 3.29. The topological polar surface area (TPSA) is 44.6 Å². The summed E-state index contributed by atoms with van der Waals surface area (Å²) in [5, 5.41) is 16.4. The molecule has 4 unspecified atom stereocenters. The van der Waals surface area contributed by atoms with Gasteiger partial charge in [-0.2, -0.15) is 0 Å². The van der Waals surface area contributed by atoms with E-state index in [1.54, 1.807) is 6.21 Å². The SMILES string of the molecule is C=C1C=NC2(C)C(/C(=C/C=c3/cccc(C(C)(C)CC)c3=C)CN1)C1CC12O. The molecule has 0 saturated heterocycles. The highest BCUT2D eigenvalue weighted by Gasteiger charge is 2.80. The van der Waals surface area contributed by atoms with Crippen LogP contribution in [-0.2, 0) is 5.41 Å². The Morgan fingerprint density at radius 2 is 2.07 bits per heavy atom. The van der Waals surface area contributed by atoms with Gasteiger partial charge in [0.05, 0.1) is 11.1 Å². The smallest absolute Gasteiger partial charge is 0.0940 e. The Morgan fingerprint density at radius 3 is 2.79 bits per heavy atom. The quantitative estimate of drug-likeness (QED) is 0.852. The number of nitrogens with one attached hydrogen (secondary N) is 1. The molecular formula is C25H32N2O. The van der Waals surface area contributed by atoms with Crippen molar-refractivity contribution in [2.45, 2.75) is 57.1 Å². The van der Waals surface area contributed by atoms with Gasteiger partial charge in [0.15, 0.2) is 0 Å². The zero-order chi connectivity index (χ0) is 20.3. The maximum Gasteiger partial charge on any atom is 0.0940 e. The summed E-state index contributed by atoms with van der Waals surface area (Å²) >= 11 is 0. The molecule has 2 saturated carbocycles. The minimum atomic E-state index is -0.632. The van der Waals surface area contributed by atoms with Crippen molar-refractivity contribution in [2.24, 2.45) is 16.8 Å². The number of fused-ring (bicyclic) bond motifs is 4. The van der Waals surface area contributed by atoms with Crippen molar-refractivity contribution >= 4 is 18.9 Å². The lowest BCUT2D eigenvalue weighted by molar-refractivity contribution is -0.0470. The molecule has 28 heavy (non-hydrogen) atoms. The van der Waals surface area contributed by atoms with E-state index in [1.165, 1.54) is 11.1 Å². The Balaban J connectivity index is 1.76. The molecule has 2 N–H and O–H groups in total. The molecule has 0 spiro atoms. The van der Waals surface area contributed by atoms with Gasteiger partial charge < -0.3 is 10.4 Å². The summed E-state index contributed by atoms with van der Waals surface area (Å²) in [6.07, 6.45) is 8.10. The molecule has 2 fully saturated rings. The van der Waals surface area contributed by atoms with Gasteiger partial charge in [0.2, 0.25) is 0 Å². The molecule has 4 rings (SSSR count). The fraction of sp³-hybridized carbons (Fsp3) is 0.480. The standard InChI is InChI=1S/C25H32N2O/c1-7-23(4,5)20-10-8-9-18(17(20)3)11-12-19-15-26-16(2)14-27-24(6)22(19)21-13-25(21,24)28/h8-12,14,21-22,26,28H,2-3,7,13,15H2,1,4-6H3/b18-11-,19-12+,27-14?. The molecule has 0 radical (unpaired) electrons. The summed E-state index contributed by atoms with van der Waals surface area (Å²) < 4.78 is 0. The summed E-state index contributed by atoms with van der Waals surface area (Å²) in [6.45, 7) is 18.0. The van der Waals surface area contributed by atoms with E-state index < -0.39 is 11.1 Å². The lowest BCUT2D eigenvalue weighted by atomic mass is 9.62. The van der Waals surface area contributed by atoms with Gasteiger partial charge in [0, 0.05) is 30.3 Å². The Hall–Kier alpha value is -2.13. The van der Waals surface area contributed by atoms with Crippen LogP contribution in [0.2, 0.25) is 0 Å². The summed E-state index contributed by atoms with van der Waals surface area (Å²) in [6, 6.07) is 6.45. The Labute approximate surface area is 168 Å². The van der Waals surface area contributed by atoms with Gasteiger partial charge in [0.25, 0.3) is 0 Å². The van der Waals surface area contributed by atoms with Gasteiger partial charge in [0.1, 0.15) is 0 Å². The van der Waals surface area contributed by atoms with Gasteiger partial charge in [-0.05, 0) is 46.8 Å². The van der Waals surface area contributed by atoms with Crippen molar-refractivity contribution in [3.8, 4) is 0 Å². The first-order valence-electron chi connectivity index (χ1n) is 10.3. The molecular weight excluding hydrogens is 344 g/mol. The second-order valence-corrected chi connectivity index (χ2v) is 9.52. The van der Waals surface area contributed by atoms with Crippen molar-refractivity contribution in [2.75, 3.05) is 6.54 Å². The average molecular weight is 377 g/mol. The van der Waals surface area contributed by atoms with E-state index in [0.717, 1.165) is 35.5 Å². The maximum absolute atomic E-state index is 10.8. The van der Waals surface area contributed by atoms with E-state index in [9.17, 15) is 5.11 Å². The summed E-state index contributed by atoms with van der Waals surface area (Å²) in [5.74, 6) is 0.598. The lowest BCUT2D eigenvalue weighted by Crippen LogP contribution is -2.60. The molecule has 3 heteroatoms. The number of rotatable bonds is 3. The zero-order valence-electron chi connectivity index (χ0n) is 17.5. The van der Waals surface area contributed by atoms with Crippen molar-refractivity contribution in [3.63, 3.8) is 0 Å². The third kappa shape index (κ3) is 2.63. The van der Waals surface area contributed by atoms with Crippen LogP contribution in [0, 0.1) is 11.8 Å². The highest BCUT2D eigenvalue weighted by atomic mass is 16.3. The fourth-order valence-electron chi connectivity index (χ4n) is 5.16. The molecule has 1 aromatic rings. The van der Waals surface area contributed by atoms with E-state index >= 15 is 0 Å². The molecule has 2 aliphatic carbocycles. The molecule has 0 bridgehead atoms. The molecule has 4 atom stereocenters. The Morgan fingerprint density at radius 1 is 1.32 bits per heavy atom. The first kappa shape index (κ1) is 19.2. The van der Waals surface area contributed by atoms with E-state index in [2.05, 4.69) is 76.5 Å². The van der Waals surface area contributed by atoms with Gasteiger partial charge in [-0.25, -0.2) is 0 Å². The summed E-state index contributed by atoms with van der Waals surface area (Å²) in [4.78, 5) is 4.74. The van der Waals surface area contributed by atoms with Crippen LogP contribution < -0.4 is 15.8 Å². The first-order chi connectivity index (χ1) is 13.1. The van der Waals surface area contributed by atoms with Crippen LogP contribution >= 0.6 is 0 Å². The van der Waals surface area contributed by atoms with Crippen molar-refractivity contribution in [1.29, 1.82) is 0 Å². The number of hydrogen-bond donors (Lipinski definition) is 2. The largest absolute Gasteiger partial charge is 0.387 e.